The molecule has 0 saturated heterocycles. The van der Waals surface area contributed by atoms with Crippen molar-refractivity contribution in [2.45, 2.75) is 24.7 Å². The Bertz CT molecular complexity index is 603. The maximum absolute atomic E-state index is 13.1. The smallest absolute Gasteiger partial charge is 0.463 e. The first-order valence-corrected chi connectivity index (χ1v) is 7.72. The van der Waals surface area contributed by atoms with Gasteiger partial charge in [0.2, 0.25) is 0 Å². The lowest BCUT2D eigenvalue weighted by Gasteiger charge is -2.20. The van der Waals surface area contributed by atoms with Crippen LogP contribution in [0.5, 0.6) is 0 Å². The van der Waals surface area contributed by atoms with Crippen molar-refractivity contribution in [1.29, 1.82) is 0 Å². The molecule has 27 heavy (non-hydrogen) atoms. The third-order valence-corrected chi connectivity index (χ3v) is 3.25. The van der Waals surface area contributed by atoms with Crippen molar-refractivity contribution in [2.75, 3.05) is 26.4 Å². The van der Waals surface area contributed by atoms with Gasteiger partial charge in [0.1, 0.15) is 6.61 Å². The molecule has 1 aromatic rings. The highest BCUT2D eigenvalue weighted by Crippen LogP contribution is 2.37. The molecule has 1 N–H and O–H groups in total. The minimum Gasteiger partial charge on any atom is -0.463 e. The summed E-state index contributed by atoms with van der Waals surface area (Å²) in [6.45, 7) is -1.31. The molecule has 0 aliphatic carbocycles. The van der Waals surface area contributed by atoms with Crippen LogP contribution >= 0.6 is 0 Å². The lowest BCUT2D eigenvalue weighted by atomic mass is 9.95. The minimum atomic E-state index is -5.00. The molecule has 1 amide bonds. The van der Waals surface area contributed by atoms with E-state index in [1.54, 1.807) is 11.4 Å². The molecule has 0 unspecified atom stereocenters. The highest BCUT2D eigenvalue weighted by atomic mass is 19.4. The summed E-state index contributed by atoms with van der Waals surface area (Å²) in [5, 5.41) is 1.56. The summed E-state index contributed by atoms with van der Waals surface area (Å²) in [5.74, 6) is -5.21. The monoisotopic (exact) mass is 401 g/mol. The van der Waals surface area contributed by atoms with Gasteiger partial charge in [-0.1, -0.05) is 30.3 Å². The quantitative estimate of drug-likeness (QED) is 0.393. The molecule has 1 aromatic carbocycles. The molecule has 1 atom stereocenters. The fraction of sp³-hybridized carbons (Fsp3) is 0.500. The van der Waals surface area contributed by atoms with E-state index in [2.05, 4.69) is 4.74 Å². The zero-order valence-corrected chi connectivity index (χ0v) is 13.9. The molecular weight excluding hydrogens is 384 g/mol. The number of halogens is 6. The zero-order valence-electron chi connectivity index (χ0n) is 13.9. The first kappa shape index (κ1) is 22.7. The number of ether oxygens (including phenoxy) is 2. The van der Waals surface area contributed by atoms with E-state index in [9.17, 15) is 35.9 Å². The van der Waals surface area contributed by atoms with Gasteiger partial charge in [0.05, 0.1) is 25.6 Å². The molecule has 0 aliphatic rings. The second kappa shape index (κ2) is 10.1. The summed E-state index contributed by atoms with van der Waals surface area (Å²) in [6, 6.07) is 6.90. The number of carbonyl (C=O) groups excluding carboxylic acids is 2. The van der Waals surface area contributed by atoms with E-state index in [0.717, 1.165) is 0 Å². The number of hydrogen-bond acceptors (Lipinski definition) is 4. The fourth-order valence-corrected chi connectivity index (χ4v) is 1.99. The number of rotatable bonds is 9. The Morgan fingerprint density at radius 1 is 0.963 bits per heavy atom. The number of nitrogens with one attached hydrogen (secondary N) is 1. The second-order valence-electron chi connectivity index (χ2n) is 5.30. The number of hydrogen-bond donors (Lipinski definition) is 1. The van der Waals surface area contributed by atoms with Crippen LogP contribution < -0.4 is 5.32 Å². The normalized spacial score (nSPS) is 13.1. The summed E-state index contributed by atoms with van der Waals surface area (Å²) < 4.78 is 84.4. The third-order valence-electron chi connectivity index (χ3n) is 3.25. The van der Waals surface area contributed by atoms with Gasteiger partial charge in [-0.05, 0) is 5.56 Å². The highest BCUT2D eigenvalue weighted by molar-refractivity contribution is 5.81. The van der Waals surface area contributed by atoms with Crippen molar-refractivity contribution in [1.82, 2.24) is 5.32 Å². The highest BCUT2D eigenvalue weighted by Gasteiger charge is 2.42. The lowest BCUT2D eigenvalue weighted by molar-refractivity contribution is -0.173. The van der Waals surface area contributed by atoms with Crippen LogP contribution in [-0.4, -0.2) is 50.6 Å². The summed E-state index contributed by atoms with van der Waals surface area (Å²) in [4.78, 5) is 22.1. The predicted octanol–water partition coefficient (Wildman–Crippen LogP) is 2.96. The Morgan fingerprint density at radius 3 is 2.15 bits per heavy atom. The SMILES string of the molecule is O=C(C[C@@H](c1ccccc1)C(F)(F)F)OCCOCCNC(=O)C(F)(F)F. The summed E-state index contributed by atoms with van der Waals surface area (Å²) >= 11 is 0. The molecular formula is C16H17F6NO4. The molecule has 1 rings (SSSR count). The number of carbonyl (C=O) groups is 2. The summed E-state index contributed by atoms with van der Waals surface area (Å²) in [5.41, 5.74) is -0.0707. The van der Waals surface area contributed by atoms with Crippen molar-refractivity contribution in [2.24, 2.45) is 0 Å². The van der Waals surface area contributed by atoms with Gasteiger partial charge in [-0.25, -0.2) is 0 Å². The average molecular weight is 401 g/mol. The summed E-state index contributed by atoms with van der Waals surface area (Å²) in [6.07, 6.45) is -10.5. The van der Waals surface area contributed by atoms with Gasteiger partial charge >= 0.3 is 24.2 Å². The first-order valence-electron chi connectivity index (χ1n) is 7.72. The Balaban J connectivity index is 2.29. The van der Waals surface area contributed by atoms with Crippen molar-refractivity contribution in [3.63, 3.8) is 0 Å². The average Bonchev–Trinajstić information content (AvgIpc) is 2.57. The zero-order chi connectivity index (χ0) is 20.5. The van der Waals surface area contributed by atoms with Gasteiger partial charge in [0.15, 0.2) is 0 Å². The predicted molar refractivity (Wildman–Crippen MR) is 80.7 cm³/mol. The van der Waals surface area contributed by atoms with E-state index < -0.39 is 43.1 Å². The largest absolute Gasteiger partial charge is 0.471 e. The van der Waals surface area contributed by atoms with E-state index in [1.807, 2.05) is 0 Å². The molecule has 0 saturated carbocycles. The molecule has 0 fully saturated rings. The van der Waals surface area contributed by atoms with Crippen LogP contribution in [0.1, 0.15) is 17.9 Å². The van der Waals surface area contributed by atoms with Gasteiger partial charge in [0.25, 0.3) is 0 Å². The van der Waals surface area contributed by atoms with Crippen LogP contribution in [0.25, 0.3) is 0 Å². The van der Waals surface area contributed by atoms with Crippen LogP contribution in [0, 0.1) is 0 Å². The first-order chi connectivity index (χ1) is 12.5. The number of amides is 1. The number of alkyl halides is 6. The van der Waals surface area contributed by atoms with Crippen LogP contribution in [-0.2, 0) is 19.1 Å². The summed E-state index contributed by atoms with van der Waals surface area (Å²) in [7, 11) is 0. The standard InChI is InChI=1S/C16H17F6NO4/c17-15(18,19)12(11-4-2-1-3-5-11)10-13(24)27-9-8-26-7-6-23-14(25)16(20,21)22/h1-5,12H,6-10H2,(H,23,25)/t12-/m0/s1. The topological polar surface area (TPSA) is 64.6 Å². The maximum atomic E-state index is 13.1. The van der Waals surface area contributed by atoms with E-state index >= 15 is 0 Å². The second-order valence-corrected chi connectivity index (χ2v) is 5.30. The lowest BCUT2D eigenvalue weighted by Crippen LogP contribution is -2.38. The van der Waals surface area contributed by atoms with E-state index in [4.69, 9.17) is 4.74 Å². The van der Waals surface area contributed by atoms with Gasteiger partial charge < -0.3 is 14.8 Å². The molecule has 152 valence electrons. The van der Waals surface area contributed by atoms with Crippen molar-refractivity contribution < 1.29 is 45.4 Å². The van der Waals surface area contributed by atoms with Gasteiger partial charge in [-0.3, -0.25) is 9.59 Å². The Hall–Kier alpha value is -2.30. The molecule has 0 radical (unpaired) electrons. The van der Waals surface area contributed by atoms with E-state index in [-0.39, 0.29) is 25.4 Å². The number of benzene rings is 1. The van der Waals surface area contributed by atoms with Crippen LogP contribution in [0.2, 0.25) is 0 Å². The van der Waals surface area contributed by atoms with Crippen molar-refractivity contribution in [3.05, 3.63) is 35.9 Å². The van der Waals surface area contributed by atoms with Crippen LogP contribution in [0.4, 0.5) is 26.3 Å². The molecule has 11 heteroatoms. The fourth-order valence-electron chi connectivity index (χ4n) is 1.99. The van der Waals surface area contributed by atoms with Crippen molar-refractivity contribution in [3.8, 4) is 0 Å². The van der Waals surface area contributed by atoms with E-state index in [1.165, 1.54) is 24.3 Å². The van der Waals surface area contributed by atoms with Gasteiger partial charge in [-0.2, -0.15) is 26.3 Å². The van der Waals surface area contributed by atoms with Crippen molar-refractivity contribution >= 4 is 11.9 Å². The van der Waals surface area contributed by atoms with Crippen LogP contribution in [0.3, 0.4) is 0 Å². The molecule has 0 spiro atoms. The molecule has 5 nitrogen and oxygen atoms in total. The Kier molecular flexibility index (Phi) is 8.54. The van der Waals surface area contributed by atoms with E-state index in [0.29, 0.717) is 0 Å². The molecule has 0 aliphatic heterocycles. The Morgan fingerprint density at radius 2 is 1.59 bits per heavy atom. The van der Waals surface area contributed by atoms with Gasteiger partial charge in [0, 0.05) is 6.54 Å². The minimum absolute atomic E-state index is 0.0707. The Labute approximate surface area is 150 Å². The van der Waals surface area contributed by atoms with Gasteiger partial charge in [-0.15, -0.1) is 0 Å². The van der Waals surface area contributed by atoms with Crippen LogP contribution in [0.15, 0.2) is 30.3 Å². The molecule has 0 aromatic heterocycles. The molecule has 0 bridgehead atoms. The maximum Gasteiger partial charge on any atom is 0.471 e. The molecule has 0 heterocycles. The third kappa shape index (κ3) is 8.76. The number of esters is 1.